The Bertz CT molecular complexity index is 1800. The van der Waals surface area contributed by atoms with Crippen LogP contribution >= 0.6 is 11.3 Å². The molecule has 2 atom stereocenters. The number of thiophene rings is 1. The number of ether oxygens (including phenoxy) is 1. The number of hydrogen-bond acceptors (Lipinski definition) is 7. The molecule has 6 rings (SSSR count). The van der Waals surface area contributed by atoms with E-state index in [0.717, 1.165) is 54.8 Å². The van der Waals surface area contributed by atoms with Gasteiger partial charge in [-0.3, -0.25) is 24.1 Å². The monoisotopic (exact) mass is 634 g/mol. The molecule has 1 amide bonds. The molecule has 0 spiro atoms. The number of alkyl halides is 3. The quantitative estimate of drug-likeness (QED) is 0.196. The highest BCUT2D eigenvalue weighted by molar-refractivity contribution is 7.16. The molecule has 0 bridgehead atoms. The van der Waals surface area contributed by atoms with E-state index < -0.39 is 23.8 Å². The number of nitrogens with zero attached hydrogens (tertiary/aromatic N) is 5. The van der Waals surface area contributed by atoms with Gasteiger partial charge in [-0.2, -0.15) is 13.2 Å². The lowest BCUT2D eigenvalue weighted by Crippen LogP contribution is -2.46. The van der Waals surface area contributed by atoms with Gasteiger partial charge in [0.05, 0.1) is 23.0 Å². The molecule has 2 N–H and O–H groups in total. The summed E-state index contributed by atoms with van der Waals surface area (Å²) in [6.07, 6.45) is -2.18. The molecule has 0 aliphatic carbocycles. The molecule has 0 saturated carbocycles. The third kappa shape index (κ3) is 6.58. The summed E-state index contributed by atoms with van der Waals surface area (Å²) in [7, 11) is 0. The van der Waals surface area contributed by atoms with E-state index in [0.29, 0.717) is 23.1 Å². The molecule has 0 radical (unpaired) electrons. The second kappa shape index (κ2) is 12.6. The highest BCUT2D eigenvalue weighted by Gasteiger charge is 2.35. The first-order valence-corrected chi connectivity index (χ1v) is 15.5. The van der Waals surface area contributed by atoms with Crippen molar-refractivity contribution in [1.82, 2.24) is 24.3 Å². The Morgan fingerprint density at radius 3 is 2.42 bits per heavy atom. The average Bonchev–Trinajstić information content (AvgIpc) is 3.65. The number of rotatable bonds is 9. The van der Waals surface area contributed by atoms with Gasteiger partial charge in [0.2, 0.25) is 0 Å². The minimum atomic E-state index is -4.55. The SMILES string of the molecule is CC(c1ccccc1)N1CCN(Cc2cc3c(cn2)ncn3-c2cc(O[C@H](C)c3ccccc3C(F)(F)F)c(C(N)=O)s2)CC1. The number of pyridine rings is 1. The molecule has 1 aliphatic rings. The lowest BCUT2D eigenvalue weighted by atomic mass is 10.0. The van der Waals surface area contributed by atoms with Crippen LogP contribution in [0.3, 0.4) is 0 Å². The average molecular weight is 635 g/mol. The summed E-state index contributed by atoms with van der Waals surface area (Å²) in [5, 5.41) is 0.596. The summed E-state index contributed by atoms with van der Waals surface area (Å²) in [4.78, 5) is 26.5. The Kier molecular flexibility index (Phi) is 8.63. The van der Waals surface area contributed by atoms with Crippen molar-refractivity contribution < 1.29 is 22.7 Å². The number of aromatic nitrogens is 3. The van der Waals surface area contributed by atoms with E-state index in [1.54, 1.807) is 18.6 Å². The van der Waals surface area contributed by atoms with Gasteiger partial charge in [-0.05, 0) is 31.5 Å². The summed E-state index contributed by atoms with van der Waals surface area (Å²) < 4.78 is 48.7. The van der Waals surface area contributed by atoms with Crippen molar-refractivity contribution in [3.8, 4) is 10.8 Å². The van der Waals surface area contributed by atoms with E-state index in [1.807, 2.05) is 16.7 Å². The first-order valence-electron chi connectivity index (χ1n) is 14.7. The number of nitrogens with two attached hydrogens (primary N) is 1. The van der Waals surface area contributed by atoms with Crippen molar-refractivity contribution in [2.24, 2.45) is 5.73 Å². The number of benzene rings is 2. The Labute approximate surface area is 262 Å². The Hall–Kier alpha value is -4.26. The molecule has 8 nitrogen and oxygen atoms in total. The molecule has 2 aromatic carbocycles. The van der Waals surface area contributed by atoms with Crippen molar-refractivity contribution in [1.29, 1.82) is 0 Å². The Morgan fingerprint density at radius 2 is 1.71 bits per heavy atom. The predicted octanol–water partition coefficient (Wildman–Crippen LogP) is 6.62. The molecule has 12 heteroatoms. The van der Waals surface area contributed by atoms with Crippen molar-refractivity contribution >= 4 is 28.3 Å². The predicted molar refractivity (Wildman–Crippen MR) is 167 cm³/mol. The van der Waals surface area contributed by atoms with Crippen LogP contribution in [0.2, 0.25) is 0 Å². The van der Waals surface area contributed by atoms with Crippen LogP contribution in [0, 0.1) is 0 Å². The van der Waals surface area contributed by atoms with Crippen LogP contribution in [-0.4, -0.2) is 56.4 Å². The fourth-order valence-corrected chi connectivity index (χ4v) is 6.73. The highest BCUT2D eigenvalue weighted by atomic mass is 32.1. The zero-order chi connectivity index (χ0) is 31.7. The number of hydrogen-bond donors (Lipinski definition) is 1. The van der Waals surface area contributed by atoms with Gasteiger partial charge >= 0.3 is 6.18 Å². The van der Waals surface area contributed by atoms with Gasteiger partial charge in [0, 0.05) is 50.4 Å². The smallest absolute Gasteiger partial charge is 0.416 e. The molecule has 5 aromatic rings. The minimum absolute atomic E-state index is 0.0349. The van der Waals surface area contributed by atoms with Gasteiger partial charge in [-0.1, -0.05) is 48.5 Å². The number of carbonyl (C=O) groups is 1. The summed E-state index contributed by atoms with van der Waals surface area (Å²) in [5.41, 5.74) is 8.49. The maximum absolute atomic E-state index is 13.6. The van der Waals surface area contributed by atoms with Gasteiger partial charge in [-0.25, -0.2) is 4.98 Å². The molecule has 1 unspecified atom stereocenters. The van der Waals surface area contributed by atoms with Crippen LogP contribution in [0.15, 0.2) is 79.3 Å². The Morgan fingerprint density at radius 1 is 1.00 bits per heavy atom. The molecule has 1 saturated heterocycles. The van der Waals surface area contributed by atoms with E-state index in [4.69, 9.17) is 10.5 Å². The van der Waals surface area contributed by atoms with Crippen molar-refractivity contribution in [2.75, 3.05) is 26.2 Å². The van der Waals surface area contributed by atoms with Gasteiger partial charge in [0.25, 0.3) is 5.91 Å². The van der Waals surface area contributed by atoms with E-state index in [-0.39, 0.29) is 16.2 Å². The second-order valence-electron chi connectivity index (χ2n) is 11.2. The number of piperazine rings is 1. The van der Waals surface area contributed by atoms with Crippen LogP contribution in [0.25, 0.3) is 16.0 Å². The minimum Gasteiger partial charge on any atom is -0.484 e. The summed E-state index contributed by atoms with van der Waals surface area (Å²) in [6, 6.07) is 19.7. The maximum Gasteiger partial charge on any atom is 0.416 e. The number of primary amides is 1. The number of halogens is 3. The number of fused-ring (bicyclic) bond motifs is 1. The molecule has 1 aliphatic heterocycles. The highest BCUT2D eigenvalue weighted by Crippen LogP contribution is 2.39. The standard InChI is InChI=1S/C33H33F3N6O2S/c1-21(23-8-4-3-5-9-23)41-14-12-40(13-15-41)19-24-16-28-27(18-38-24)39-20-42(28)30-17-29(31(45-30)32(37)43)44-22(2)25-10-6-7-11-26(25)33(34,35)36/h3-11,16-18,20-22H,12-15,19H2,1-2H3,(H2,37,43)/t21?,22-/m1/s1. The van der Waals surface area contributed by atoms with Crippen molar-refractivity contribution in [3.05, 3.63) is 107 Å². The summed E-state index contributed by atoms with van der Waals surface area (Å²) >= 11 is 1.09. The lowest BCUT2D eigenvalue weighted by Gasteiger charge is -2.38. The van der Waals surface area contributed by atoms with Crippen LogP contribution in [0.4, 0.5) is 13.2 Å². The lowest BCUT2D eigenvalue weighted by molar-refractivity contribution is -0.139. The zero-order valence-corrected chi connectivity index (χ0v) is 25.7. The summed E-state index contributed by atoms with van der Waals surface area (Å²) in [6.45, 7) is 8.18. The molecule has 45 heavy (non-hydrogen) atoms. The van der Waals surface area contributed by atoms with Gasteiger partial charge in [0.1, 0.15) is 33.6 Å². The van der Waals surface area contributed by atoms with E-state index >= 15 is 0 Å². The van der Waals surface area contributed by atoms with Crippen LogP contribution < -0.4 is 10.5 Å². The van der Waals surface area contributed by atoms with Gasteiger partial charge < -0.3 is 10.5 Å². The molecular weight excluding hydrogens is 601 g/mol. The summed E-state index contributed by atoms with van der Waals surface area (Å²) in [5.74, 6) is -0.615. The number of amides is 1. The largest absolute Gasteiger partial charge is 0.484 e. The first-order chi connectivity index (χ1) is 21.6. The number of carbonyl (C=O) groups excluding carboxylic acids is 1. The molecule has 234 valence electrons. The van der Waals surface area contributed by atoms with Crippen molar-refractivity contribution in [3.63, 3.8) is 0 Å². The third-order valence-electron chi connectivity index (χ3n) is 8.27. The normalized spacial score (nSPS) is 16.1. The van der Waals surface area contributed by atoms with Gasteiger partial charge in [0.15, 0.2) is 0 Å². The number of imidazole rings is 1. The van der Waals surface area contributed by atoms with Crippen molar-refractivity contribution in [2.45, 2.75) is 38.7 Å². The first kappa shape index (κ1) is 30.8. The molecule has 3 aromatic heterocycles. The van der Waals surface area contributed by atoms with E-state index in [1.165, 1.54) is 30.7 Å². The molecule has 4 heterocycles. The van der Waals surface area contributed by atoms with E-state index in [2.05, 4.69) is 51.0 Å². The zero-order valence-electron chi connectivity index (χ0n) is 24.9. The van der Waals surface area contributed by atoms with E-state index in [9.17, 15) is 18.0 Å². The topological polar surface area (TPSA) is 89.5 Å². The Balaban J connectivity index is 1.20. The van der Waals surface area contributed by atoms with Gasteiger partial charge in [-0.15, -0.1) is 11.3 Å². The fraction of sp³-hybridized carbons (Fsp3) is 0.303. The fourth-order valence-electron chi connectivity index (χ4n) is 5.80. The second-order valence-corrected chi connectivity index (χ2v) is 12.2. The van der Waals surface area contributed by atoms with Crippen LogP contribution in [0.5, 0.6) is 5.75 Å². The maximum atomic E-state index is 13.6. The molecule has 1 fully saturated rings. The van der Waals surface area contributed by atoms with Crippen LogP contribution in [-0.2, 0) is 12.7 Å². The van der Waals surface area contributed by atoms with Crippen LogP contribution in [0.1, 0.15) is 58.0 Å². The third-order valence-corrected chi connectivity index (χ3v) is 9.40. The molecular formula is C33H33F3N6O2S.